The monoisotopic (exact) mass is 304 g/mol. The van der Waals surface area contributed by atoms with E-state index in [0.717, 1.165) is 12.8 Å². The Kier molecular flexibility index (Phi) is 4.17. The maximum Gasteiger partial charge on any atom is 0.244 e. The smallest absolute Gasteiger partial charge is 0.244 e. The van der Waals surface area contributed by atoms with Crippen molar-refractivity contribution in [2.24, 2.45) is 5.73 Å². The first-order valence-electron chi connectivity index (χ1n) is 7.12. The zero-order valence-electron chi connectivity index (χ0n) is 11.9. The average Bonchev–Trinajstić information content (AvgIpc) is 3.18. The van der Waals surface area contributed by atoms with Crippen molar-refractivity contribution in [1.29, 1.82) is 0 Å². The molecule has 2 unspecified atom stereocenters. The van der Waals surface area contributed by atoms with Crippen molar-refractivity contribution in [3.8, 4) is 5.69 Å². The van der Waals surface area contributed by atoms with Gasteiger partial charge < -0.3 is 15.8 Å². The van der Waals surface area contributed by atoms with Crippen molar-refractivity contribution in [1.82, 2.24) is 9.78 Å². The van der Waals surface area contributed by atoms with Crippen molar-refractivity contribution in [3.63, 3.8) is 0 Å². The molecular formula is C15H17FN4O2. The third-order valence-corrected chi connectivity index (χ3v) is 3.61. The van der Waals surface area contributed by atoms with Gasteiger partial charge in [0.1, 0.15) is 11.9 Å². The number of halogens is 1. The second-order valence-electron chi connectivity index (χ2n) is 5.22. The van der Waals surface area contributed by atoms with E-state index < -0.39 is 6.04 Å². The fraction of sp³-hybridized carbons (Fsp3) is 0.333. The van der Waals surface area contributed by atoms with E-state index in [2.05, 4.69) is 10.4 Å². The van der Waals surface area contributed by atoms with Gasteiger partial charge in [-0.25, -0.2) is 9.07 Å². The zero-order valence-corrected chi connectivity index (χ0v) is 11.9. The normalized spacial score (nSPS) is 19.1. The van der Waals surface area contributed by atoms with Crippen molar-refractivity contribution in [2.75, 3.05) is 11.9 Å². The van der Waals surface area contributed by atoms with E-state index in [-0.39, 0.29) is 17.8 Å². The second kappa shape index (κ2) is 6.25. The highest BCUT2D eigenvalue weighted by atomic mass is 19.1. The van der Waals surface area contributed by atoms with E-state index in [4.69, 9.17) is 10.5 Å². The van der Waals surface area contributed by atoms with Gasteiger partial charge in [-0.1, -0.05) is 0 Å². The van der Waals surface area contributed by atoms with Gasteiger partial charge in [0.15, 0.2) is 0 Å². The van der Waals surface area contributed by atoms with E-state index in [0.29, 0.717) is 18.0 Å². The molecule has 116 valence electrons. The molecular weight excluding hydrogens is 287 g/mol. The molecule has 0 spiro atoms. The minimum atomic E-state index is -0.698. The molecule has 1 fully saturated rings. The third-order valence-electron chi connectivity index (χ3n) is 3.61. The van der Waals surface area contributed by atoms with E-state index >= 15 is 0 Å². The Labute approximate surface area is 127 Å². The van der Waals surface area contributed by atoms with Crippen LogP contribution in [0.3, 0.4) is 0 Å². The molecule has 3 rings (SSSR count). The number of nitrogens with one attached hydrogen (secondary N) is 1. The molecule has 0 saturated carbocycles. The predicted molar refractivity (Wildman–Crippen MR) is 79.1 cm³/mol. The Morgan fingerprint density at radius 2 is 2.23 bits per heavy atom. The predicted octanol–water partition coefficient (Wildman–Crippen LogP) is 1.46. The number of aromatic nitrogens is 2. The van der Waals surface area contributed by atoms with Crippen LogP contribution in [0.15, 0.2) is 36.7 Å². The molecule has 1 aromatic heterocycles. The molecule has 2 heterocycles. The second-order valence-corrected chi connectivity index (χ2v) is 5.22. The lowest BCUT2D eigenvalue weighted by atomic mass is 10.1. The molecule has 2 atom stereocenters. The number of anilines is 1. The van der Waals surface area contributed by atoms with Crippen molar-refractivity contribution in [2.45, 2.75) is 25.0 Å². The number of ether oxygens (including phenoxy) is 1. The average molecular weight is 304 g/mol. The standard InChI is InChI=1S/C15H17FN4O2/c16-10-3-5-12(6-4-10)20-9-11(8-18-20)19-15(21)14(17)13-2-1-7-22-13/h3-6,8-9,13-14H,1-2,7,17H2,(H,19,21). The number of rotatable bonds is 4. The van der Waals surface area contributed by atoms with Crippen LogP contribution in [0, 0.1) is 5.82 Å². The van der Waals surface area contributed by atoms with Crippen LogP contribution in [-0.2, 0) is 9.53 Å². The molecule has 1 aliphatic rings. The van der Waals surface area contributed by atoms with Gasteiger partial charge in [0.25, 0.3) is 0 Å². The molecule has 6 nitrogen and oxygen atoms in total. The zero-order chi connectivity index (χ0) is 15.5. The third kappa shape index (κ3) is 3.15. The first-order chi connectivity index (χ1) is 10.6. The first-order valence-corrected chi connectivity index (χ1v) is 7.12. The van der Waals surface area contributed by atoms with Crippen LogP contribution in [0.4, 0.5) is 10.1 Å². The van der Waals surface area contributed by atoms with Gasteiger partial charge in [0.05, 0.1) is 29.9 Å². The number of nitrogens with two attached hydrogens (primary N) is 1. The van der Waals surface area contributed by atoms with Crippen LogP contribution in [0.25, 0.3) is 5.69 Å². The maximum absolute atomic E-state index is 12.9. The molecule has 0 radical (unpaired) electrons. The van der Waals surface area contributed by atoms with Crippen LogP contribution in [0.1, 0.15) is 12.8 Å². The molecule has 1 amide bonds. The topological polar surface area (TPSA) is 82.2 Å². The van der Waals surface area contributed by atoms with Gasteiger partial charge >= 0.3 is 0 Å². The van der Waals surface area contributed by atoms with Crippen LogP contribution in [0.5, 0.6) is 0 Å². The van der Waals surface area contributed by atoms with E-state index in [1.807, 2.05) is 0 Å². The quantitative estimate of drug-likeness (QED) is 0.896. The van der Waals surface area contributed by atoms with Gasteiger partial charge in [-0.05, 0) is 37.1 Å². The molecule has 3 N–H and O–H groups in total. The Hall–Kier alpha value is -2.25. The summed E-state index contributed by atoms with van der Waals surface area (Å²) in [6.45, 7) is 0.647. The summed E-state index contributed by atoms with van der Waals surface area (Å²) in [5.74, 6) is -0.613. The van der Waals surface area contributed by atoms with Gasteiger partial charge in [-0.3, -0.25) is 4.79 Å². The van der Waals surface area contributed by atoms with Gasteiger partial charge in [0.2, 0.25) is 5.91 Å². The summed E-state index contributed by atoms with van der Waals surface area (Å²) >= 11 is 0. The molecule has 0 aliphatic carbocycles. The first kappa shape index (κ1) is 14.7. The lowest BCUT2D eigenvalue weighted by Gasteiger charge is -2.17. The summed E-state index contributed by atoms with van der Waals surface area (Å²) in [5, 5.41) is 6.85. The molecule has 1 saturated heterocycles. The Morgan fingerprint density at radius 3 is 2.91 bits per heavy atom. The fourth-order valence-electron chi connectivity index (χ4n) is 2.40. The number of benzene rings is 1. The number of hydrogen-bond acceptors (Lipinski definition) is 4. The van der Waals surface area contributed by atoms with Crippen LogP contribution in [0.2, 0.25) is 0 Å². The summed E-state index contributed by atoms with van der Waals surface area (Å²) in [6, 6.07) is 5.21. The number of nitrogens with zero attached hydrogens (tertiary/aromatic N) is 2. The van der Waals surface area contributed by atoms with E-state index in [1.165, 1.54) is 18.3 Å². The van der Waals surface area contributed by atoms with Gasteiger partial charge in [0, 0.05) is 6.61 Å². The van der Waals surface area contributed by atoms with Gasteiger partial charge in [-0.15, -0.1) is 0 Å². The number of carbonyl (C=O) groups is 1. The van der Waals surface area contributed by atoms with Gasteiger partial charge in [-0.2, -0.15) is 5.10 Å². The summed E-state index contributed by atoms with van der Waals surface area (Å²) in [6.07, 6.45) is 4.65. The highest BCUT2D eigenvalue weighted by molar-refractivity contribution is 5.94. The molecule has 7 heteroatoms. The summed E-state index contributed by atoms with van der Waals surface area (Å²) in [7, 11) is 0. The molecule has 1 aromatic carbocycles. The lowest BCUT2D eigenvalue weighted by Crippen LogP contribution is -2.44. The van der Waals surface area contributed by atoms with Crippen molar-refractivity contribution in [3.05, 3.63) is 42.5 Å². The van der Waals surface area contributed by atoms with Crippen LogP contribution in [-0.4, -0.2) is 34.4 Å². The fourth-order valence-corrected chi connectivity index (χ4v) is 2.40. The highest BCUT2D eigenvalue weighted by Gasteiger charge is 2.28. The number of carbonyl (C=O) groups excluding carboxylic acids is 1. The molecule has 2 aromatic rings. The van der Waals surface area contributed by atoms with E-state index in [9.17, 15) is 9.18 Å². The van der Waals surface area contributed by atoms with Crippen molar-refractivity contribution >= 4 is 11.6 Å². The van der Waals surface area contributed by atoms with Crippen LogP contribution >= 0.6 is 0 Å². The Morgan fingerprint density at radius 1 is 1.45 bits per heavy atom. The molecule has 0 bridgehead atoms. The molecule has 1 aliphatic heterocycles. The SMILES string of the molecule is NC(C(=O)Nc1cnn(-c2ccc(F)cc2)c1)C1CCCO1. The minimum Gasteiger partial charge on any atom is -0.376 e. The summed E-state index contributed by atoms with van der Waals surface area (Å²) < 4.78 is 19.9. The number of hydrogen-bond donors (Lipinski definition) is 2. The lowest BCUT2D eigenvalue weighted by molar-refractivity contribution is -0.119. The largest absolute Gasteiger partial charge is 0.376 e. The number of amides is 1. The highest BCUT2D eigenvalue weighted by Crippen LogP contribution is 2.17. The van der Waals surface area contributed by atoms with E-state index in [1.54, 1.807) is 23.0 Å². The Balaban J connectivity index is 1.66. The summed E-state index contributed by atoms with van der Waals surface area (Å²) in [4.78, 5) is 12.1. The maximum atomic E-state index is 12.9. The van der Waals surface area contributed by atoms with Crippen molar-refractivity contribution < 1.29 is 13.9 Å². The van der Waals surface area contributed by atoms with Crippen LogP contribution < -0.4 is 11.1 Å². The minimum absolute atomic E-state index is 0.229. The summed E-state index contributed by atoms with van der Waals surface area (Å²) in [5.41, 5.74) is 7.13. The Bertz CT molecular complexity index is 650. The molecule has 22 heavy (non-hydrogen) atoms.